The summed E-state index contributed by atoms with van der Waals surface area (Å²) in [5.41, 5.74) is 2.10. The van der Waals surface area contributed by atoms with Crippen molar-refractivity contribution in [2.75, 3.05) is 12.1 Å². The highest BCUT2D eigenvalue weighted by Crippen LogP contribution is 2.36. The zero-order valence-corrected chi connectivity index (χ0v) is 13.9. The fraction of sp³-hybridized carbons (Fsp3) is 0.389. The van der Waals surface area contributed by atoms with Gasteiger partial charge in [-0.3, -0.25) is 4.79 Å². The first kappa shape index (κ1) is 14.6. The predicted octanol–water partition coefficient (Wildman–Crippen LogP) is 4.24. The summed E-state index contributed by atoms with van der Waals surface area (Å²) in [6.07, 6.45) is 4.68. The van der Waals surface area contributed by atoms with Crippen molar-refractivity contribution >= 4 is 22.9 Å². The molecule has 1 aliphatic carbocycles. The number of nitrogens with one attached hydrogen (secondary N) is 1. The first-order valence-electron chi connectivity index (χ1n) is 8.05. The van der Waals surface area contributed by atoms with Crippen LogP contribution in [0.3, 0.4) is 0 Å². The molecule has 1 aromatic heterocycles. The smallest absolute Gasteiger partial charge is 0.265 e. The van der Waals surface area contributed by atoms with Gasteiger partial charge in [-0.25, -0.2) is 0 Å². The van der Waals surface area contributed by atoms with Gasteiger partial charge in [0.05, 0.1) is 4.88 Å². The number of anilines is 1. The number of aryl methyl sites for hydroxylation is 1. The maximum atomic E-state index is 12.5. The molecule has 1 aromatic carbocycles. The molecule has 1 aliphatic heterocycles. The molecule has 23 heavy (non-hydrogen) atoms. The molecule has 2 aliphatic rings. The largest absolute Gasteiger partial charge is 0.454 e. The molecule has 1 amide bonds. The normalized spacial score (nSPS) is 18.6. The van der Waals surface area contributed by atoms with Crippen LogP contribution < -0.4 is 14.8 Å². The van der Waals surface area contributed by atoms with Crippen LogP contribution in [0, 0.1) is 5.92 Å². The van der Waals surface area contributed by atoms with E-state index >= 15 is 0 Å². The minimum Gasteiger partial charge on any atom is -0.454 e. The Morgan fingerprint density at radius 3 is 3.04 bits per heavy atom. The molecule has 0 saturated heterocycles. The van der Waals surface area contributed by atoms with Crippen LogP contribution in [0.2, 0.25) is 0 Å². The quantitative estimate of drug-likeness (QED) is 0.916. The van der Waals surface area contributed by atoms with Crippen LogP contribution in [0.15, 0.2) is 24.3 Å². The Balaban J connectivity index is 1.50. The molecule has 0 saturated carbocycles. The molecular formula is C18H19NO3S. The van der Waals surface area contributed by atoms with Gasteiger partial charge in [-0.15, -0.1) is 11.3 Å². The van der Waals surface area contributed by atoms with Gasteiger partial charge in [-0.1, -0.05) is 13.3 Å². The highest BCUT2D eigenvalue weighted by Gasteiger charge is 2.22. The molecule has 120 valence electrons. The minimum atomic E-state index is -0.0451. The molecular weight excluding hydrogens is 310 g/mol. The van der Waals surface area contributed by atoms with E-state index in [1.807, 2.05) is 12.1 Å². The van der Waals surface area contributed by atoms with Crippen molar-refractivity contribution in [2.24, 2.45) is 5.92 Å². The van der Waals surface area contributed by atoms with Crippen LogP contribution in [0.25, 0.3) is 0 Å². The number of carbonyl (C=O) groups is 1. The Morgan fingerprint density at radius 1 is 1.30 bits per heavy atom. The van der Waals surface area contributed by atoms with E-state index in [0.29, 0.717) is 5.75 Å². The predicted molar refractivity (Wildman–Crippen MR) is 90.6 cm³/mol. The van der Waals surface area contributed by atoms with Crippen molar-refractivity contribution in [2.45, 2.75) is 32.6 Å². The summed E-state index contributed by atoms with van der Waals surface area (Å²) in [5.74, 6) is 2.12. The van der Waals surface area contributed by atoms with Gasteiger partial charge in [-0.05, 0) is 48.9 Å². The number of benzene rings is 1. The number of rotatable bonds is 3. The Morgan fingerprint density at radius 2 is 2.17 bits per heavy atom. The van der Waals surface area contributed by atoms with Gasteiger partial charge in [0, 0.05) is 16.6 Å². The topological polar surface area (TPSA) is 47.6 Å². The molecule has 0 spiro atoms. The third-order valence-electron chi connectivity index (χ3n) is 4.62. The number of ether oxygens (including phenoxy) is 2. The lowest BCUT2D eigenvalue weighted by Crippen LogP contribution is -2.11. The highest BCUT2D eigenvalue weighted by molar-refractivity contribution is 7.14. The molecule has 2 heterocycles. The average molecular weight is 329 g/mol. The van der Waals surface area contributed by atoms with E-state index in [-0.39, 0.29) is 12.7 Å². The van der Waals surface area contributed by atoms with Gasteiger partial charge >= 0.3 is 0 Å². The monoisotopic (exact) mass is 329 g/mol. The SMILES string of the molecule is CC[C@H]1CCc2sc(C(=O)Nc3ccc4c(c3)OCO4)cc2C1. The van der Waals surface area contributed by atoms with Crippen molar-refractivity contribution in [1.29, 1.82) is 0 Å². The lowest BCUT2D eigenvalue weighted by Gasteiger charge is -2.19. The fourth-order valence-corrected chi connectivity index (χ4v) is 4.33. The van der Waals surface area contributed by atoms with E-state index in [4.69, 9.17) is 9.47 Å². The van der Waals surface area contributed by atoms with E-state index in [1.165, 1.54) is 23.3 Å². The van der Waals surface area contributed by atoms with Gasteiger partial charge < -0.3 is 14.8 Å². The van der Waals surface area contributed by atoms with Crippen LogP contribution >= 0.6 is 11.3 Å². The van der Waals surface area contributed by atoms with E-state index < -0.39 is 0 Å². The van der Waals surface area contributed by atoms with Crippen molar-refractivity contribution in [3.8, 4) is 11.5 Å². The Labute approximate surface area is 139 Å². The molecule has 5 heteroatoms. The van der Waals surface area contributed by atoms with Crippen molar-refractivity contribution in [3.05, 3.63) is 39.6 Å². The Bertz CT molecular complexity index is 753. The fourth-order valence-electron chi connectivity index (χ4n) is 3.23. The second-order valence-corrected chi connectivity index (χ2v) is 7.24. The number of amides is 1. The first-order valence-corrected chi connectivity index (χ1v) is 8.87. The third-order valence-corrected chi connectivity index (χ3v) is 5.85. The van der Waals surface area contributed by atoms with Crippen molar-refractivity contribution in [1.82, 2.24) is 0 Å². The van der Waals surface area contributed by atoms with Gasteiger partial charge in [-0.2, -0.15) is 0 Å². The van der Waals surface area contributed by atoms with Crippen LogP contribution in [0.4, 0.5) is 5.69 Å². The zero-order valence-electron chi connectivity index (χ0n) is 13.1. The molecule has 2 aromatic rings. The summed E-state index contributed by atoms with van der Waals surface area (Å²) >= 11 is 1.63. The van der Waals surface area contributed by atoms with E-state index in [1.54, 1.807) is 17.4 Å². The highest BCUT2D eigenvalue weighted by atomic mass is 32.1. The van der Waals surface area contributed by atoms with Gasteiger partial charge in [0.25, 0.3) is 5.91 Å². The molecule has 0 unspecified atom stereocenters. The summed E-state index contributed by atoms with van der Waals surface area (Å²) in [5, 5.41) is 2.96. The van der Waals surface area contributed by atoms with Crippen LogP contribution in [0.1, 0.15) is 39.9 Å². The Hall–Kier alpha value is -2.01. The summed E-state index contributed by atoms with van der Waals surface area (Å²) in [6.45, 7) is 2.48. The second-order valence-electron chi connectivity index (χ2n) is 6.10. The zero-order chi connectivity index (χ0) is 15.8. The summed E-state index contributed by atoms with van der Waals surface area (Å²) < 4.78 is 10.6. The second kappa shape index (κ2) is 5.89. The van der Waals surface area contributed by atoms with Gasteiger partial charge in [0.15, 0.2) is 11.5 Å². The van der Waals surface area contributed by atoms with E-state index in [2.05, 4.69) is 18.3 Å². The number of fused-ring (bicyclic) bond motifs is 2. The van der Waals surface area contributed by atoms with Gasteiger partial charge in [0.2, 0.25) is 6.79 Å². The van der Waals surface area contributed by atoms with E-state index in [9.17, 15) is 4.79 Å². The van der Waals surface area contributed by atoms with E-state index in [0.717, 1.165) is 35.1 Å². The van der Waals surface area contributed by atoms with Crippen LogP contribution in [-0.2, 0) is 12.8 Å². The van der Waals surface area contributed by atoms with Crippen molar-refractivity contribution in [3.63, 3.8) is 0 Å². The number of thiophene rings is 1. The molecule has 1 atom stereocenters. The van der Waals surface area contributed by atoms with Crippen LogP contribution in [0.5, 0.6) is 11.5 Å². The average Bonchev–Trinajstić information content (AvgIpc) is 3.19. The standard InChI is InChI=1S/C18H19NO3S/c1-2-11-3-6-16-12(7-11)8-17(23-16)18(20)19-13-4-5-14-15(9-13)22-10-21-14/h4-5,8-9,11H,2-3,6-7,10H2,1H3,(H,19,20)/t11-/m0/s1. The lowest BCUT2D eigenvalue weighted by molar-refractivity contribution is 0.103. The molecule has 0 bridgehead atoms. The third kappa shape index (κ3) is 2.81. The maximum absolute atomic E-state index is 12.5. The molecule has 0 fully saturated rings. The van der Waals surface area contributed by atoms with Crippen molar-refractivity contribution < 1.29 is 14.3 Å². The van der Waals surface area contributed by atoms with Gasteiger partial charge in [0.1, 0.15) is 0 Å². The molecule has 0 radical (unpaired) electrons. The number of hydrogen-bond donors (Lipinski definition) is 1. The summed E-state index contributed by atoms with van der Waals surface area (Å²) in [4.78, 5) is 14.7. The summed E-state index contributed by atoms with van der Waals surface area (Å²) in [6, 6.07) is 7.54. The van der Waals surface area contributed by atoms with Crippen LogP contribution in [-0.4, -0.2) is 12.7 Å². The number of hydrogen-bond acceptors (Lipinski definition) is 4. The number of carbonyl (C=O) groups excluding carboxylic acids is 1. The summed E-state index contributed by atoms with van der Waals surface area (Å²) in [7, 11) is 0. The molecule has 4 rings (SSSR count). The Kier molecular flexibility index (Phi) is 3.73. The minimum absolute atomic E-state index is 0.0451. The molecule has 4 nitrogen and oxygen atoms in total. The maximum Gasteiger partial charge on any atom is 0.265 e. The molecule has 1 N–H and O–H groups in total. The lowest BCUT2D eigenvalue weighted by atomic mass is 9.87. The first-order chi connectivity index (χ1) is 11.2.